The molecule has 0 saturated heterocycles. The number of alkyl halides is 3. The summed E-state index contributed by atoms with van der Waals surface area (Å²) in [6, 6.07) is 5.89. The minimum atomic E-state index is -4.48. The van der Waals surface area contributed by atoms with Crippen molar-refractivity contribution in [2.75, 3.05) is 18.4 Å². The van der Waals surface area contributed by atoms with Gasteiger partial charge in [-0.25, -0.2) is 4.79 Å². The number of anilines is 1. The van der Waals surface area contributed by atoms with Crippen molar-refractivity contribution in [1.29, 1.82) is 0 Å². The number of halogens is 3. The summed E-state index contributed by atoms with van der Waals surface area (Å²) in [7, 11) is 0. The topological polar surface area (TPSA) is 61.4 Å². The first-order valence-electron chi connectivity index (χ1n) is 5.82. The van der Waals surface area contributed by atoms with E-state index in [1.165, 1.54) is 0 Å². The largest absolute Gasteiger partial charge is 0.405 e. The Balaban J connectivity index is 2.09. The fraction of sp³-hybridized carbons (Fsp3) is 0.333. The third-order valence-electron chi connectivity index (χ3n) is 2.71. The smallest absolute Gasteiger partial charge is 0.329 e. The number of rotatable bonds is 1. The number of nitrogens with one attached hydrogen (secondary N) is 2. The second-order valence-electron chi connectivity index (χ2n) is 4.34. The molecule has 108 valence electrons. The Morgan fingerprint density at radius 2 is 2.00 bits per heavy atom. The maximum atomic E-state index is 12.1. The maximum absolute atomic E-state index is 12.1. The average molecular weight is 287 g/mol. The molecule has 0 unspecified atom stereocenters. The van der Waals surface area contributed by atoms with E-state index in [-0.39, 0.29) is 13.1 Å². The zero-order valence-electron chi connectivity index (χ0n) is 10.3. The number of urea groups is 1. The van der Waals surface area contributed by atoms with Crippen LogP contribution in [0.2, 0.25) is 0 Å². The summed E-state index contributed by atoms with van der Waals surface area (Å²) >= 11 is 0. The van der Waals surface area contributed by atoms with Gasteiger partial charge in [0, 0.05) is 5.69 Å². The van der Waals surface area contributed by atoms with Crippen LogP contribution in [0.3, 0.4) is 0 Å². The van der Waals surface area contributed by atoms with Gasteiger partial charge in [-0.05, 0) is 11.6 Å². The fourth-order valence-corrected chi connectivity index (χ4v) is 1.84. The summed E-state index contributed by atoms with van der Waals surface area (Å²) < 4.78 is 36.2. The molecule has 3 amide bonds. The first-order valence-corrected chi connectivity index (χ1v) is 5.82. The molecule has 0 spiro atoms. The Kier molecular flexibility index (Phi) is 3.82. The van der Waals surface area contributed by atoms with Gasteiger partial charge < -0.3 is 15.5 Å². The molecule has 5 nitrogen and oxygen atoms in total. The summed E-state index contributed by atoms with van der Waals surface area (Å²) in [4.78, 5) is 24.3. The number of nitrogens with zero attached hydrogens (tertiary/aromatic N) is 1. The van der Waals surface area contributed by atoms with Gasteiger partial charge in [0.25, 0.3) is 0 Å². The Bertz CT molecular complexity index is 531. The van der Waals surface area contributed by atoms with E-state index in [4.69, 9.17) is 0 Å². The lowest BCUT2D eigenvalue weighted by Gasteiger charge is -2.20. The number of fused-ring (bicyclic) bond motifs is 1. The van der Waals surface area contributed by atoms with Crippen LogP contribution in [0.1, 0.15) is 5.56 Å². The van der Waals surface area contributed by atoms with Crippen molar-refractivity contribution < 1.29 is 22.8 Å². The highest BCUT2D eigenvalue weighted by Crippen LogP contribution is 2.20. The molecule has 0 saturated carbocycles. The van der Waals surface area contributed by atoms with Crippen molar-refractivity contribution in [3.8, 4) is 0 Å². The first-order chi connectivity index (χ1) is 9.35. The number of benzene rings is 1. The maximum Gasteiger partial charge on any atom is 0.405 e. The van der Waals surface area contributed by atoms with E-state index in [0.717, 1.165) is 4.90 Å². The van der Waals surface area contributed by atoms with Gasteiger partial charge in [-0.2, -0.15) is 13.2 Å². The molecule has 0 atom stereocenters. The third kappa shape index (κ3) is 3.62. The summed E-state index contributed by atoms with van der Waals surface area (Å²) in [6.07, 6.45) is -4.48. The van der Waals surface area contributed by atoms with Gasteiger partial charge in [0.1, 0.15) is 13.1 Å². The van der Waals surface area contributed by atoms with E-state index in [1.807, 2.05) is 0 Å². The quantitative estimate of drug-likeness (QED) is 0.826. The molecule has 1 heterocycles. The van der Waals surface area contributed by atoms with E-state index in [1.54, 1.807) is 29.6 Å². The van der Waals surface area contributed by atoms with Crippen LogP contribution in [0, 0.1) is 0 Å². The molecule has 1 aliphatic heterocycles. The van der Waals surface area contributed by atoms with Gasteiger partial charge in [0.2, 0.25) is 5.91 Å². The number of hydrogen-bond donors (Lipinski definition) is 2. The number of carbonyl (C=O) groups is 2. The second kappa shape index (κ2) is 5.40. The molecule has 20 heavy (non-hydrogen) atoms. The van der Waals surface area contributed by atoms with Crippen LogP contribution in [-0.2, 0) is 11.3 Å². The molecular formula is C12H12F3N3O2. The van der Waals surface area contributed by atoms with Crippen molar-refractivity contribution in [2.45, 2.75) is 12.7 Å². The predicted octanol–water partition coefficient (Wildman–Crippen LogP) is 1.71. The van der Waals surface area contributed by atoms with Crippen molar-refractivity contribution in [1.82, 2.24) is 10.2 Å². The number of hydrogen-bond acceptors (Lipinski definition) is 2. The Morgan fingerprint density at radius 1 is 1.30 bits per heavy atom. The van der Waals surface area contributed by atoms with Gasteiger partial charge in [0.15, 0.2) is 0 Å². The SMILES string of the molecule is O=C1CN(C(=O)NCC(F)(F)F)Cc2ccccc2N1. The second-order valence-corrected chi connectivity index (χ2v) is 4.34. The van der Waals surface area contributed by atoms with Gasteiger partial charge in [0.05, 0.1) is 6.54 Å². The third-order valence-corrected chi connectivity index (χ3v) is 2.71. The molecule has 1 aromatic carbocycles. The van der Waals surface area contributed by atoms with Crippen molar-refractivity contribution in [2.24, 2.45) is 0 Å². The first kappa shape index (κ1) is 14.2. The highest BCUT2D eigenvalue weighted by Gasteiger charge is 2.30. The molecule has 0 radical (unpaired) electrons. The van der Waals surface area contributed by atoms with E-state index in [9.17, 15) is 22.8 Å². The lowest BCUT2D eigenvalue weighted by molar-refractivity contribution is -0.123. The molecular weight excluding hydrogens is 275 g/mol. The highest BCUT2D eigenvalue weighted by molar-refractivity contribution is 5.96. The minimum absolute atomic E-state index is 0.0681. The van der Waals surface area contributed by atoms with Gasteiger partial charge >= 0.3 is 12.2 Å². The monoisotopic (exact) mass is 287 g/mol. The number of carbonyl (C=O) groups excluding carboxylic acids is 2. The normalized spacial score (nSPS) is 15.2. The Hall–Kier alpha value is -2.25. The van der Waals surface area contributed by atoms with Crippen molar-refractivity contribution in [3.05, 3.63) is 29.8 Å². The predicted molar refractivity (Wildman–Crippen MR) is 64.9 cm³/mol. The van der Waals surface area contributed by atoms with E-state index < -0.39 is 24.7 Å². The molecule has 1 aromatic rings. The summed E-state index contributed by atoms with van der Waals surface area (Å²) in [5.41, 5.74) is 1.23. The van der Waals surface area contributed by atoms with Crippen LogP contribution in [0.5, 0.6) is 0 Å². The van der Waals surface area contributed by atoms with Crippen LogP contribution < -0.4 is 10.6 Å². The Labute approximate surface area is 112 Å². The fourth-order valence-electron chi connectivity index (χ4n) is 1.84. The van der Waals surface area contributed by atoms with Gasteiger partial charge in [-0.15, -0.1) is 0 Å². The van der Waals surface area contributed by atoms with Crippen LogP contribution in [-0.4, -0.2) is 36.1 Å². The molecule has 8 heteroatoms. The van der Waals surface area contributed by atoms with Crippen molar-refractivity contribution in [3.63, 3.8) is 0 Å². The standard InChI is InChI=1S/C12H12F3N3O2/c13-12(14,15)7-16-11(20)18-5-8-3-1-2-4-9(8)17-10(19)6-18/h1-4H,5-7H2,(H,16,20)(H,17,19). The Morgan fingerprint density at radius 3 is 2.70 bits per heavy atom. The lowest BCUT2D eigenvalue weighted by Crippen LogP contribution is -2.45. The number of amides is 3. The van der Waals surface area contributed by atoms with E-state index >= 15 is 0 Å². The summed E-state index contributed by atoms with van der Waals surface area (Å²) in [6.45, 7) is -1.65. The van der Waals surface area contributed by atoms with Crippen LogP contribution in [0.4, 0.5) is 23.7 Å². The van der Waals surface area contributed by atoms with E-state index in [2.05, 4.69) is 5.32 Å². The van der Waals surface area contributed by atoms with Crippen molar-refractivity contribution >= 4 is 17.6 Å². The molecule has 0 aliphatic carbocycles. The van der Waals surface area contributed by atoms with Crippen LogP contribution in [0.15, 0.2) is 24.3 Å². The summed E-state index contributed by atoms with van der Waals surface area (Å²) in [5, 5.41) is 4.35. The van der Waals surface area contributed by atoms with E-state index in [0.29, 0.717) is 11.3 Å². The molecule has 0 fully saturated rings. The molecule has 2 rings (SSSR count). The van der Waals surface area contributed by atoms with Gasteiger partial charge in [-0.1, -0.05) is 18.2 Å². The zero-order chi connectivity index (χ0) is 14.8. The molecule has 1 aliphatic rings. The zero-order valence-corrected chi connectivity index (χ0v) is 10.3. The van der Waals surface area contributed by atoms with Crippen LogP contribution in [0.25, 0.3) is 0 Å². The minimum Gasteiger partial charge on any atom is -0.329 e. The highest BCUT2D eigenvalue weighted by atomic mass is 19.4. The molecule has 0 aromatic heterocycles. The van der Waals surface area contributed by atoms with Crippen LogP contribution >= 0.6 is 0 Å². The molecule has 0 bridgehead atoms. The average Bonchev–Trinajstić information content (AvgIpc) is 2.52. The molecule has 2 N–H and O–H groups in total. The number of para-hydroxylation sites is 1. The lowest BCUT2D eigenvalue weighted by atomic mass is 10.2. The summed E-state index contributed by atoms with van der Waals surface area (Å²) in [5.74, 6) is -0.447. The van der Waals surface area contributed by atoms with Gasteiger partial charge in [-0.3, -0.25) is 4.79 Å².